The summed E-state index contributed by atoms with van der Waals surface area (Å²) in [4.78, 5) is 0. The highest BCUT2D eigenvalue weighted by Crippen LogP contribution is 2.49. The Hall–Kier alpha value is -4.42. The van der Waals surface area contributed by atoms with Crippen LogP contribution in [0.25, 0.3) is 43.8 Å². The van der Waals surface area contributed by atoms with E-state index >= 15 is 22.0 Å². The standard InChI is InChI=1S/C28H10F12O/c1-41-9-5-16(32)21(17(33)6-9)20-12-8-15(31)14(30)7-11(12)18(10-3-2-4-13(29)19(10)20)22-24(34)26(36)23(28(38,39)40)27(37)25(22)35/h2-8H,1H3. The van der Waals surface area contributed by atoms with E-state index in [1.165, 1.54) is 0 Å². The summed E-state index contributed by atoms with van der Waals surface area (Å²) in [5.74, 6) is -18.9. The van der Waals surface area contributed by atoms with Gasteiger partial charge in [0.2, 0.25) is 0 Å². The van der Waals surface area contributed by atoms with Crippen molar-refractivity contribution in [3.05, 3.63) is 100 Å². The monoisotopic (exact) mass is 590 g/mol. The second-order valence-corrected chi connectivity index (χ2v) is 8.69. The molecular weight excluding hydrogens is 580 g/mol. The molecule has 0 atom stereocenters. The van der Waals surface area contributed by atoms with Crippen molar-refractivity contribution in [2.24, 2.45) is 0 Å². The molecule has 0 amide bonds. The Labute approximate surface area is 221 Å². The van der Waals surface area contributed by atoms with Gasteiger partial charge in [-0.05, 0) is 34.4 Å². The predicted molar refractivity (Wildman–Crippen MR) is 124 cm³/mol. The van der Waals surface area contributed by atoms with Gasteiger partial charge >= 0.3 is 6.18 Å². The zero-order valence-electron chi connectivity index (χ0n) is 20.0. The van der Waals surface area contributed by atoms with E-state index < -0.39 is 108 Å². The second-order valence-electron chi connectivity index (χ2n) is 8.69. The first kappa shape index (κ1) is 28.1. The number of ether oxygens (including phenoxy) is 1. The molecule has 0 unspecified atom stereocenters. The summed E-state index contributed by atoms with van der Waals surface area (Å²) in [6, 6.07) is 4.29. The molecule has 0 aliphatic rings. The van der Waals surface area contributed by atoms with Crippen LogP contribution in [0.15, 0.2) is 42.5 Å². The van der Waals surface area contributed by atoms with E-state index in [0.29, 0.717) is 18.2 Å². The van der Waals surface area contributed by atoms with E-state index in [1.807, 2.05) is 0 Å². The lowest BCUT2D eigenvalue weighted by Gasteiger charge is -2.21. The molecule has 212 valence electrons. The molecule has 0 spiro atoms. The van der Waals surface area contributed by atoms with Crippen molar-refractivity contribution in [2.45, 2.75) is 6.18 Å². The van der Waals surface area contributed by atoms with E-state index in [4.69, 9.17) is 4.74 Å². The third-order valence-electron chi connectivity index (χ3n) is 6.43. The number of hydrogen-bond acceptors (Lipinski definition) is 1. The molecular formula is C28H10F12O. The molecule has 0 aliphatic heterocycles. The number of hydrogen-bond donors (Lipinski definition) is 0. The summed E-state index contributed by atoms with van der Waals surface area (Å²) in [6.45, 7) is 0. The smallest absolute Gasteiger partial charge is 0.422 e. The molecule has 5 aromatic rings. The van der Waals surface area contributed by atoms with Crippen LogP contribution >= 0.6 is 0 Å². The molecule has 1 nitrogen and oxygen atoms in total. The first-order chi connectivity index (χ1) is 19.2. The van der Waals surface area contributed by atoms with Crippen molar-refractivity contribution >= 4 is 21.5 Å². The van der Waals surface area contributed by atoms with E-state index in [0.717, 1.165) is 19.2 Å². The van der Waals surface area contributed by atoms with Crippen LogP contribution < -0.4 is 4.74 Å². The predicted octanol–water partition coefficient (Wildman–Crippen LogP) is 9.61. The normalized spacial score (nSPS) is 12.0. The average Bonchev–Trinajstić information content (AvgIpc) is 2.88. The van der Waals surface area contributed by atoms with E-state index in [9.17, 15) is 30.7 Å². The van der Waals surface area contributed by atoms with E-state index in [2.05, 4.69) is 0 Å². The molecule has 0 radical (unpaired) electrons. The van der Waals surface area contributed by atoms with Crippen LogP contribution in [0.4, 0.5) is 52.7 Å². The highest BCUT2D eigenvalue weighted by molar-refractivity contribution is 6.21. The highest BCUT2D eigenvalue weighted by Gasteiger charge is 2.43. The Morgan fingerprint density at radius 1 is 0.512 bits per heavy atom. The molecule has 0 fully saturated rings. The lowest BCUT2D eigenvalue weighted by Crippen LogP contribution is -2.16. The molecule has 0 bridgehead atoms. The number of alkyl halides is 3. The van der Waals surface area contributed by atoms with Crippen LogP contribution in [-0.4, -0.2) is 7.11 Å². The fourth-order valence-corrected chi connectivity index (χ4v) is 4.76. The van der Waals surface area contributed by atoms with Crippen LogP contribution in [0.1, 0.15) is 5.56 Å². The van der Waals surface area contributed by atoms with Gasteiger partial charge in [0.25, 0.3) is 0 Å². The molecule has 0 saturated carbocycles. The Morgan fingerprint density at radius 2 is 1.02 bits per heavy atom. The van der Waals surface area contributed by atoms with Crippen LogP contribution in [0.5, 0.6) is 5.75 Å². The van der Waals surface area contributed by atoms with Gasteiger partial charge in [-0.25, -0.2) is 39.5 Å². The zero-order chi connectivity index (χ0) is 30.1. The maximum atomic E-state index is 15.4. The number of halogens is 12. The lowest BCUT2D eigenvalue weighted by molar-refractivity contribution is -0.143. The number of benzene rings is 5. The second kappa shape index (κ2) is 9.60. The van der Waals surface area contributed by atoms with Crippen LogP contribution in [0.3, 0.4) is 0 Å². The Morgan fingerprint density at radius 3 is 1.51 bits per heavy atom. The van der Waals surface area contributed by atoms with Crippen molar-refractivity contribution in [1.82, 2.24) is 0 Å². The number of fused-ring (bicyclic) bond motifs is 2. The summed E-state index contributed by atoms with van der Waals surface area (Å²) in [5.41, 5.74) is -7.70. The van der Waals surface area contributed by atoms with Gasteiger partial charge in [-0.3, -0.25) is 0 Å². The molecule has 0 aliphatic carbocycles. The molecule has 41 heavy (non-hydrogen) atoms. The van der Waals surface area contributed by atoms with Crippen molar-refractivity contribution < 1.29 is 57.4 Å². The minimum absolute atomic E-state index is 0.236. The van der Waals surface area contributed by atoms with Gasteiger partial charge in [-0.2, -0.15) is 13.2 Å². The van der Waals surface area contributed by atoms with Gasteiger partial charge < -0.3 is 4.74 Å². The van der Waals surface area contributed by atoms with Gasteiger partial charge in [0.1, 0.15) is 28.8 Å². The third-order valence-corrected chi connectivity index (χ3v) is 6.43. The Kier molecular flexibility index (Phi) is 6.58. The summed E-state index contributed by atoms with van der Waals surface area (Å²) in [6.07, 6.45) is -5.90. The van der Waals surface area contributed by atoms with Crippen molar-refractivity contribution in [3.63, 3.8) is 0 Å². The maximum absolute atomic E-state index is 15.4. The molecule has 0 N–H and O–H groups in total. The van der Waals surface area contributed by atoms with Crippen LogP contribution in [-0.2, 0) is 6.18 Å². The van der Waals surface area contributed by atoms with Crippen molar-refractivity contribution in [2.75, 3.05) is 7.11 Å². The molecule has 0 saturated heterocycles. The summed E-state index contributed by atoms with van der Waals surface area (Å²) < 4.78 is 179. The highest BCUT2D eigenvalue weighted by atomic mass is 19.4. The number of rotatable bonds is 3. The van der Waals surface area contributed by atoms with E-state index in [-0.39, 0.29) is 17.9 Å². The minimum Gasteiger partial charge on any atom is -0.497 e. The minimum atomic E-state index is -5.90. The first-order valence-corrected chi connectivity index (χ1v) is 11.2. The fraction of sp³-hybridized carbons (Fsp3) is 0.0714. The quantitative estimate of drug-likeness (QED) is 0.116. The molecule has 13 heteroatoms. The fourth-order valence-electron chi connectivity index (χ4n) is 4.76. The molecule has 0 heterocycles. The summed E-state index contributed by atoms with van der Waals surface area (Å²) in [5, 5.41) is -3.32. The lowest BCUT2D eigenvalue weighted by atomic mass is 9.84. The average molecular weight is 590 g/mol. The van der Waals surface area contributed by atoms with Crippen LogP contribution in [0.2, 0.25) is 0 Å². The largest absolute Gasteiger partial charge is 0.497 e. The topological polar surface area (TPSA) is 9.23 Å². The van der Waals surface area contributed by atoms with Gasteiger partial charge in [-0.1, -0.05) is 12.1 Å². The molecule has 5 rings (SSSR count). The van der Waals surface area contributed by atoms with Gasteiger partial charge in [0.15, 0.2) is 34.9 Å². The van der Waals surface area contributed by atoms with Gasteiger partial charge in [0, 0.05) is 28.6 Å². The maximum Gasteiger partial charge on any atom is 0.422 e. The summed E-state index contributed by atoms with van der Waals surface area (Å²) in [7, 11) is 1.07. The summed E-state index contributed by atoms with van der Waals surface area (Å²) >= 11 is 0. The number of methoxy groups -OCH3 is 1. The van der Waals surface area contributed by atoms with Crippen molar-refractivity contribution in [3.8, 4) is 28.0 Å². The van der Waals surface area contributed by atoms with Crippen LogP contribution in [0, 0.1) is 52.4 Å². The SMILES string of the molecule is COc1cc(F)c(-c2c3cc(F)c(F)cc3c(-c3c(F)c(F)c(C(F)(F)F)c(F)c3F)c3cccc(F)c23)c(F)c1. The van der Waals surface area contributed by atoms with Crippen molar-refractivity contribution in [1.29, 1.82) is 0 Å². The third kappa shape index (κ3) is 4.21. The van der Waals surface area contributed by atoms with E-state index in [1.54, 1.807) is 0 Å². The molecule has 5 aromatic carbocycles. The van der Waals surface area contributed by atoms with Gasteiger partial charge in [-0.15, -0.1) is 0 Å². The first-order valence-electron chi connectivity index (χ1n) is 11.2. The van der Waals surface area contributed by atoms with Gasteiger partial charge in [0.05, 0.1) is 18.2 Å². The Balaban J connectivity index is 2.09. The zero-order valence-corrected chi connectivity index (χ0v) is 20.0. The Bertz CT molecular complexity index is 1860. The molecule has 0 aromatic heterocycles.